The van der Waals surface area contributed by atoms with Gasteiger partial charge in [0.25, 0.3) is 0 Å². The van der Waals surface area contributed by atoms with E-state index in [2.05, 4.69) is 54.5 Å². The number of hydrogen-bond donors (Lipinski definition) is 0. The first-order valence-corrected chi connectivity index (χ1v) is 14.6. The summed E-state index contributed by atoms with van der Waals surface area (Å²) in [5, 5.41) is 2.16. The lowest BCUT2D eigenvalue weighted by Gasteiger charge is -2.56. The summed E-state index contributed by atoms with van der Waals surface area (Å²) < 4.78 is 0. The molecule has 35 heavy (non-hydrogen) atoms. The first-order chi connectivity index (χ1) is 17.0. The van der Waals surface area contributed by atoms with Gasteiger partial charge < -0.3 is 9.80 Å². The van der Waals surface area contributed by atoms with Crippen LogP contribution in [0.2, 0.25) is 0 Å². The van der Waals surface area contributed by atoms with Crippen molar-refractivity contribution >= 4 is 23.2 Å². The standard InChI is InChI=1S/C30H38N2O2S/c1-3-10-31(29(34)30-16-21-13-22(17-30)15-23(14-21)18-30)19-27(33)32-11-8-26-25(9-12-35-26)28(32)24-7-5-4-6-20(24)2/h4-7,9,12,21-23,28H,3,8,10-11,13-19H2,1-2H3. The number of aryl methyl sites for hydroxylation is 1. The van der Waals surface area contributed by atoms with E-state index in [1.807, 2.05) is 4.90 Å². The average molecular weight is 491 g/mol. The largest absolute Gasteiger partial charge is 0.333 e. The van der Waals surface area contributed by atoms with E-state index in [-0.39, 0.29) is 29.8 Å². The summed E-state index contributed by atoms with van der Waals surface area (Å²) in [6, 6.07) is 10.6. The van der Waals surface area contributed by atoms with Crippen LogP contribution in [0, 0.1) is 30.1 Å². The first-order valence-electron chi connectivity index (χ1n) is 13.7. The summed E-state index contributed by atoms with van der Waals surface area (Å²) >= 11 is 1.80. The molecule has 4 bridgehead atoms. The molecule has 0 radical (unpaired) electrons. The van der Waals surface area contributed by atoms with Gasteiger partial charge in [0.15, 0.2) is 0 Å². The van der Waals surface area contributed by atoms with Gasteiger partial charge in [-0.05, 0) is 104 Å². The lowest BCUT2D eigenvalue weighted by Crippen LogP contribution is -2.56. The van der Waals surface area contributed by atoms with Crippen molar-refractivity contribution in [2.75, 3.05) is 19.6 Å². The fraction of sp³-hybridized carbons (Fsp3) is 0.600. The van der Waals surface area contributed by atoms with Gasteiger partial charge in [-0.2, -0.15) is 0 Å². The van der Waals surface area contributed by atoms with Gasteiger partial charge in [-0.3, -0.25) is 9.59 Å². The molecule has 1 aromatic carbocycles. The second-order valence-corrected chi connectivity index (χ2v) is 12.8. The molecule has 5 heteroatoms. The second kappa shape index (κ2) is 9.06. The summed E-state index contributed by atoms with van der Waals surface area (Å²) in [4.78, 5) is 33.5. The number of nitrogens with zero attached hydrogens (tertiary/aromatic N) is 2. The Morgan fingerprint density at radius 1 is 1.03 bits per heavy atom. The Hall–Kier alpha value is -2.14. The molecular formula is C30H38N2O2S. The Morgan fingerprint density at radius 2 is 1.71 bits per heavy atom. The lowest BCUT2D eigenvalue weighted by molar-refractivity contribution is -0.160. The quantitative estimate of drug-likeness (QED) is 0.499. The van der Waals surface area contributed by atoms with Crippen LogP contribution in [0.25, 0.3) is 0 Å². The van der Waals surface area contributed by atoms with Crippen LogP contribution in [0.5, 0.6) is 0 Å². The Kier molecular flexibility index (Phi) is 6.03. The van der Waals surface area contributed by atoms with Gasteiger partial charge in [-0.25, -0.2) is 0 Å². The predicted octanol–water partition coefficient (Wildman–Crippen LogP) is 5.99. The maximum absolute atomic E-state index is 14.1. The van der Waals surface area contributed by atoms with E-state index in [0.29, 0.717) is 6.54 Å². The van der Waals surface area contributed by atoms with E-state index in [9.17, 15) is 9.59 Å². The highest BCUT2D eigenvalue weighted by atomic mass is 32.1. The fourth-order valence-electron chi connectivity index (χ4n) is 8.30. The number of rotatable bonds is 6. The summed E-state index contributed by atoms with van der Waals surface area (Å²) in [5.41, 5.74) is 3.49. The van der Waals surface area contributed by atoms with Crippen molar-refractivity contribution < 1.29 is 9.59 Å². The van der Waals surface area contributed by atoms with E-state index in [1.54, 1.807) is 11.3 Å². The van der Waals surface area contributed by atoms with Crippen LogP contribution in [0.4, 0.5) is 0 Å². The normalized spacial score (nSPS) is 30.9. The Labute approximate surface area is 213 Å². The highest BCUT2D eigenvalue weighted by Gasteiger charge is 2.55. The molecule has 7 rings (SSSR count). The minimum atomic E-state index is -0.192. The van der Waals surface area contributed by atoms with E-state index in [0.717, 1.165) is 56.4 Å². The molecule has 2 aromatic rings. The molecule has 0 saturated heterocycles. The molecule has 2 heterocycles. The van der Waals surface area contributed by atoms with Crippen molar-refractivity contribution in [1.82, 2.24) is 9.80 Å². The minimum absolute atomic E-state index is 0.0585. The van der Waals surface area contributed by atoms with Crippen molar-refractivity contribution in [1.29, 1.82) is 0 Å². The fourth-order valence-corrected chi connectivity index (χ4v) is 9.20. The Bertz CT molecular complexity index is 1090. The summed E-state index contributed by atoms with van der Waals surface area (Å²) in [6.45, 7) is 5.88. The smallest absolute Gasteiger partial charge is 0.242 e. The number of amides is 2. The predicted molar refractivity (Wildman–Crippen MR) is 140 cm³/mol. The topological polar surface area (TPSA) is 40.6 Å². The van der Waals surface area contributed by atoms with Crippen LogP contribution >= 0.6 is 11.3 Å². The Balaban J connectivity index is 1.27. The number of carbonyl (C=O) groups is 2. The van der Waals surface area contributed by atoms with Gasteiger partial charge in [0, 0.05) is 18.0 Å². The van der Waals surface area contributed by atoms with Gasteiger partial charge in [0.2, 0.25) is 11.8 Å². The zero-order valence-corrected chi connectivity index (χ0v) is 22.0. The van der Waals surface area contributed by atoms with Crippen molar-refractivity contribution in [3.63, 3.8) is 0 Å². The van der Waals surface area contributed by atoms with Crippen molar-refractivity contribution in [3.8, 4) is 0 Å². The number of benzene rings is 1. The van der Waals surface area contributed by atoms with E-state index < -0.39 is 0 Å². The summed E-state index contributed by atoms with van der Waals surface area (Å²) in [6.07, 6.45) is 8.94. The third-order valence-electron chi connectivity index (χ3n) is 9.37. The maximum Gasteiger partial charge on any atom is 0.242 e. The monoisotopic (exact) mass is 490 g/mol. The molecule has 4 aliphatic carbocycles. The maximum atomic E-state index is 14.1. The minimum Gasteiger partial charge on any atom is -0.333 e. The first kappa shape index (κ1) is 23.3. The van der Waals surface area contributed by atoms with Gasteiger partial charge in [-0.15, -0.1) is 11.3 Å². The highest BCUT2D eigenvalue weighted by Crippen LogP contribution is 2.60. The van der Waals surface area contributed by atoms with Crippen molar-refractivity contribution in [2.45, 2.75) is 71.3 Å². The molecular weight excluding hydrogens is 452 g/mol. The molecule has 4 nitrogen and oxygen atoms in total. The molecule has 186 valence electrons. The van der Waals surface area contributed by atoms with Gasteiger partial charge in [0.05, 0.1) is 18.0 Å². The van der Waals surface area contributed by atoms with Crippen LogP contribution in [0.3, 0.4) is 0 Å². The summed E-state index contributed by atoms with van der Waals surface area (Å²) in [7, 11) is 0. The molecule has 2 amide bonds. The molecule has 0 N–H and O–H groups in total. The number of carbonyl (C=O) groups excluding carboxylic acids is 2. The van der Waals surface area contributed by atoms with Crippen LogP contribution in [-0.4, -0.2) is 41.2 Å². The van der Waals surface area contributed by atoms with Gasteiger partial charge in [0.1, 0.15) is 0 Å². The van der Waals surface area contributed by atoms with Crippen molar-refractivity contribution in [2.24, 2.45) is 23.2 Å². The van der Waals surface area contributed by atoms with Crippen LogP contribution < -0.4 is 0 Å². The number of thiophene rings is 1. The second-order valence-electron chi connectivity index (χ2n) is 11.8. The Morgan fingerprint density at radius 3 is 2.37 bits per heavy atom. The zero-order chi connectivity index (χ0) is 24.2. The summed E-state index contributed by atoms with van der Waals surface area (Å²) in [5.74, 6) is 2.57. The molecule has 5 aliphatic rings. The third-order valence-corrected chi connectivity index (χ3v) is 10.4. The molecule has 0 spiro atoms. The van der Waals surface area contributed by atoms with E-state index in [4.69, 9.17) is 0 Å². The van der Waals surface area contributed by atoms with E-state index in [1.165, 1.54) is 40.8 Å². The molecule has 1 aliphatic heterocycles. The molecule has 1 atom stereocenters. The van der Waals surface area contributed by atoms with E-state index >= 15 is 0 Å². The van der Waals surface area contributed by atoms with Crippen LogP contribution in [0.15, 0.2) is 35.7 Å². The van der Waals surface area contributed by atoms with Crippen LogP contribution in [0.1, 0.15) is 79.5 Å². The molecule has 1 aromatic heterocycles. The molecule has 1 unspecified atom stereocenters. The number of hydrogen-bond acceptors (Lipinski definition) is 3. The van der Waals surface area contributed by atoms with Gasteiger partial charge >= 0.3 is 0 Å². The highest BCUT2D eigenvalue weighted by molar-refractivity contribution is 7.10. The average Bonchev–Trinajstić information content (AvgIpc) is 3.31. The lowest BCUT2D eigenvalue weighted by atomic mass is 9.49. The molecule has 4 saturated carbocycles. The van der Waals surface area contributed by atoms with Crippen molar-refractivity contribution in [3.05, 3.63) is 57.3 Å². The zero-order valence-electron chi connectivity index (χ0n) is 21.2. The number of fused-ring (bicyclic) bond motifs is 1. The third kappa shape index (κ3) is 4.04. The van der Waals surface area contributed by atoms with Crippen LogP contribution in [-0.2, 0) is 16.0 Å². The SMILES string of the molecule is CCCN(CC(=O)N1CCc2sccc2C1c1ccccc1C)C(=O)C12CC3CC(CC(C3)C1)C2. The molecule has 4 fully saturated rings. The van der Waals surface area contributed by atoms with Gasteiger partial charge in [-0.1, -0.05) is 31.2 Å².